The fraction of sp³-hybridized carbons (Fsp3) is 0.222. The molecule has 0 saturated carbocycles. The van der Waals surface area contributed by atoms with Crippen molar-refractivity contribution in [2.75, 3.05) is 12.4 Å². The summed E-state index contributed by atoms with van der Waals surface area (Å²) in [7, 11) is 3.62. The maximum Gasteiger partial charge on any atom is 0.304 e. The van der Waals surface area contributed by atoms with Gasteiger partial charge in [0.25, 0.3) is 0 Å². The highest BCUT2D eigenvalue weighted by Gasteiger charge is 2.13. The Hall–Kier alpha value is -1.87. The van der Waals surface area contributed by atoms with E-state index in [1.807, 2.05) is 18.6 Å². The summed E-state index contributed by atoms with van der Waals surface area (Å²) in [6.07, 6.45) is 1.81. The number of nitrogens with zero attached hydrogens (tertiary/aromatic N) is 4. The highest BCUT2D eigenvalue weighted by atomic mass is 32.1. The number of hydrogen-bond donors (Lipinski definition) is 1. The van der Waals surface area contributed by atoms with Crippen LogP contribution in [0.25, 0.3) is 16.1 Å². The third kappa shape index (κ3) is 1.69. The van der Waals surface area contributed by atoms with Crippen LogP contribution in [0.3, 0.4) is 0 Å². The topological polar surface area (TPSA) is 47.1 Å². The standard InChI is InChI=1S/C9H9N5S/c1-10-8-6(4-14(3)13-8)7-5-15-9(11-2)12-7/h4-5H,2-3H3,(H,11,12). The second kappa shape index (κ2) is 3.71. The van der Waals surface area contributed by atoms with E-state index in [0.29, 0.717) is 5.82 Å². The average Bonchev–Trinajstić information content (AvgIpc) is 2.82. The van der Waals surface area contributed by atoms with E-state index in [-0.39, 0.29) is 0 Å². The van der Waals surface area contributed by atoms with E-state index in [0.717, 1.165) is 16.4 Å². The van der Waals surface area contributed by atoms with Crippen molar-refractivity contribution < 1.29 is 0 Å². The summed E-state index contributed by atoms with van der Waals surface area (Å²) in [5, 5.41) is 9.76. The Kier molecular flexibility index (Phi) is 2.39. The summed E-state index contributed by atoms with van der Waals surface area (Å²) in [5.74, 6) is 0.394. The van der Waals surface area contributed by atoms with Crippen LogP contribution in [0.4, 0.5) is 10.9 Å². The van der Waals surface area contributed by atoms with Gasteiger partial charge in [0.15, 0.2) is 5.13 Å². The van der Waals surface area contributed by atoms with Gasteiger partial charge in [-0.15, -0.1) is 11.3 Å². The van der Waals surface area contributed by atoms with Crippen LogP contribution >= 0.6 is 11.3 Å². The van der Waals surface area contributed by atoms with E-state index in [4.69, 9.17) is 6.57 Å². The second-order valence-corrected chi connectivity index (χ2v) is 3.80. The fourth-order valence-corrected chi connectivity index (χ4v) is 1.92. The van der Waals surface area contributed by atoms with Crippen LogP contribution < -0.4 is 5.32 Å². The van der Waals surface area contributed by atoms with Gasteiger partial charge in [-0.05, 0) is 5.10 Å². The minimum atomic E-state index is 0.394. The van der Waals surface area contributed by atoms with Gasteiger partial charge in [0.05, 0.1) is 5.69 Å². The summed E-state index contributed by atoms with van der Waals surface area (Å²) in [5.41, 5.74) is 1.58. The summed E-state index contributed by atoms with van der Waals surface area (Å²) >= 11 is 1.51. The van der Waals surface area contributed by atoms with Gasteiger partial charge in [-0.3, -0.25) is 0 Å². The van der Waals surface area contributed by atoms with Crippen LogP contribution in [-0.2, 0) is 7.05 Å². The Morgan fingerprint density at radius 3 is 3.00 bits per heavy atom. The quantitative estimate of drug-likeness (QED) is 0.787. The lowest BCUT2D eigenvalue weighted by Crippen LogP contribution is -1.85. The lowest BCUT2D eigenvalue weighted by atomic mass is 10.2. The van der Waals surface area contributed by atoms with Gasteiger partial charge in [0.1, 0.15) is 0 Å². The number of aromatic nitrogens is 3. The molecule has 2 aromatic rings. The van der Waals surface area contributed by atoms with Gasteiger partial charge in [0, 0.05) is 31.2 Å². The summed E-state index contributed by atoms with van der Waals surface area (Å²) in [4.78, 5) is 7.70. The van der Waals surface area contributed by atoms with Crippen molar-refractivity contribution in [1.82, 2.24) is 14.8 Å². The molecule has 0 unspecified atom stereocenters. The monoisotopic (exact) mass is 219 g/mol. The smallest absolute Gasteiger partial charge is 0.304 e. The van der Waals surface area contributed by atoms with E-state index < -0.39 is 0 Å². The average molecular weight is 219 g/mol. The lowest BCUT2D eigenvalue weighted by Gasteiger charge is -1.91. The molecule has 2 aromatic heterocycles. The van der Waals surface area contributed by atoms with Gasteiger partial charge < -0.3 is 10.2 Å². The van der Waals surface area contributed by atoms with Crippen LogP contribution in [0.1, 0.15) is 0 Å². The van der Waals surface area contributed by atoms with Gasteiger partial charge in [-0.1, -0.05) is 6.57 Å². The summed E-state index contributed by atoms with van der Waals surface area (Å²) < 4.78 is 1.63. The number of aryl methyl sites for hydroxylation is 1. The summed E-state index contributed by atoms with van der Waals surface area (Å²) in [6, 6.07) is 0. The van der Waals surface area contributed by atoms with E-state index in [9.17, 15) is 0 Å². The molecule has 0 aliphatic rings. The first kappa shape index (κ1) is 9.68. The number of rotatable bonds is 2. The van der Waals surface area contributed by atoms with Crippen LogP contribution in [0.2, 0.25) is 0 Å². The number of nitrogens with one attached hydrogen (secondary N) is 1. The Bertz CT molecular complexity index is 519. The molecule has 1 N–H and O–H groups in total. The van der Waals surface area contributed by atoms with Crippen molar-refractivity contribution >= 4 is 22.3 Å². The Labute approximate surface area is 91.2 Å². The molecule has 0 saturated heterocycles. The molecule has 2 heterocycles. The van der Waals surface area contributed by atoms with E-state index in [1.54, 1.807) is 11.7 Å². The minimum Gasteiger partial charge on any atom is -0.365 e. The lowest BCUT2D eigenvalue weighted by molar-refractivity contribution is 0.773. The molecule has 5 nitrogen and oxygen atoms in total. The molecule has 0 amide bonds. The van der Waals surface area contributed by atoms with Crippen molar-refractivity contribution in [3.8, 4) is 11.3 Å². The van der Waals surface area contributed by atoms with Crippen LogP contribution in [0, 0.1) is 6.57 Å². The molecule has 0 fully saturated rings. The molecule has 6 heteroatoms. The first-order valence-corrected chi connectivity index (χ1v) is 5.17. The van der Waals surface area contributed by atoms with Crippen molar-refractivity contribution in [2.24, 2.45) is 7.05 Å². The highest BCUT2D eigenvalue weighted by Crippen LogP contribution is 2.30. The predicted molar refractivity (Wildman–Crippen MR) is 60.1 cm³/mol. The molecular weight excluding hydrogens is 210 g/mol. The molecule has 0 atom stereocenters. The molecule has 0 aliphatic carbocycles. The zero-order valence-corrected chi connectivity index (χ0v) is 9.17. The summed E-state index contributed by atoms with van der Waals surface area (Å²) in [6.45, 7) is 7.01. The third-order valence-electron chi connectivity index (χ3n) is 1.91. The van der Waals surface area contributed by atoms with Gasteiger partial charge >= 0.3 is 5.82 Å². The number of thiazole rings is 1. The van der Waals surface area contributed by atoms with Crippen molar-refractivity contribution in [1.29, 1.82) is 0 Å². The number of anilines is 1. The fourth-order valence-electron chi connectivity index (χ4n) is 1.25. The zero-order chi connectivity index (χ0) is 10.8. The molecule has 0 aromatic carbocycles. The molecule has 15 heavy (non-hydrogen) atoms. The van der Waals surface area contributed by atoms with Crippen LogP contribution in [0.15, 0.2) is 11.6 Å². The molecule has 0 spiro atoms. The van der Waals surface area contributed by atoms with E-state index >= 15 is 0 Å². The minimum absolute atomic E-state index is 0.394. The van der Waals surface area contributed by atoms with Crippen LogP contribution in [-0.4, -0.2) is 21.8 Å². The van der Waals surface area contributed by atoms with Gasteiger partial charge in [-0.2, -0.15) is 0 Å². The SMILES string of the molecule is [C-]#[N+]c1nn(C)cc1-c1csc(NC)n1. The van der Waals surface area contributed by atoms with Gasteiger partial charge in [-0.25, -0.2) is 9.67 Å². The predicted octanol–water partition coefficient (Wildman–Crippen LogP) is 2.14. The zero-order valence-electron chi connectivity index (χ0n) is 8.35. The molecule has 0 aliphatic heterocycles. The van der Waals surface area contributed by atoms with Crippen molar-refractivity contribution in [3.05, 3.63) is 23.0 Å². The maximum absolute atomic E-state index is 7.01. The Morgan fingerprint density at radius 2 is 2.40 bits per heavy atom. The maximum atomic E-state index is 7.01. The molecule has 76 valence electrons. The molecule has 0 radical (unpaired) electrons. The first-order chi connectivity index (χ1) is 7.24. The van der Waals surface area contributed by atoms with Crippen LogP contribution in [0.5, 0.6) is 0 Å². The highest BCUT2D eigenvalue weighted by molar-refractivity contribution is 7.14. The van der Waals surface area contributed by atoms with E-state index in [1.165, 1.54) is 11.3 Å². The molecular formula is C9H9N5S. The second-order valence-electron chi connectivity index (χ2n) is 2.94. The molecule has 2 rings (SSSR count). The largest absolute Gasteiger partial charge is 0.365 e. The molecule has 0 bridgehead atoms. The Morgan fingerprint density at radius 1 is 1.60 bits per heavy atom. The number of hydrogen-bond acceptors (Lipinski definition) is 4. The van der Waals surface area contributed by atoms with Crippen molar-refractivity contribution in [2.45, 2.75) is 0 Å². The third-order valence-corrected chi connectivity index (χ3v) is 2.77. The Balaban J connectivity index is 2.49. The van der Waals surface area contributed by atoms with E-state index in [2.05, 4.69) is 20.2 Å². The first-order valence-electron chi connectivity index (χ1n) is 4.29. The van der Waals surface area contributed by atoms with Crippen molar-refractivity contribution in [3.63, 3.8) is 0 Å². The normalized spacial score (nSPS) is 9.93. The van der Waals surface area contributed by atoms with Gasteiger partial charge in [0.2, 0.25) is 0 Å².